The summed E-state index contributed by atoms with van der Waals surface area (Å²) < 4.78 is 14.7. The van der Waals surface area contributed by atoms with Crippen molar-refractivity contribution < 1.29 is 9.47 Å². The highest BCUT2D eigenvalue weighted by atomic mass is 35.5. The number of benzene rings is 4. The van der Waals surface area contributed by atoms with E-state index in [-0.39, 0.29) is 0 Å². The number of nitrogens with one attached hydrogen (secondary N) is 1. The average molecular weight is 550 g/mol. The molecule has 4 aromatic carbocycles. The smallest absolute Gasteiger partial charge is 0.162 e. The van der Waals surface area contributed by atoms with Gasteiger partial charge in [0.1, 0.15) is 13.2 Å². The molecule has 0 saturated carbocycles. The predicted molar refractivity (Wildman–Crippen MR) is 160 cm³/mol. The van der Waals surface area contributed by atoms with Gasteiger partial charge >= 0.3 is 0 Å². The molecule has 5 aromatic rings. The van der Waals surface area contributed by atoms with Crippen molar-refractivity contribution >= 4 is 11.6 Å². The van der Waals surface area contributed by atoms with Crippen molar-refractivity contribution in [1.29, 1.82) is 0 Å². The lowest BCUT2D eigenvalue weighted by molar-refractivity contribution is 0.255. The fourth-order valence-corrected chi connectivity index (χ4v) is 5.26. The molecule has 6 rings (SSSR count). The monoisotopic (exact) mass is 549 g/mol. The molecule has 1 aliphatic heterocycles. The Balaban J connectivity index is 1.31. The van der Waals surface area contributed by atoms with Crippen LogP contribution < -0.4 is 14.8 Å². The number of hydrogen-bond donors (Lipinski definition) is 1. The van der Waals surface area contributed by atoms with Gasteiger partial charge in [0.25, 0.3) is 0 Å². The zero-order valence-corrected chi connectivity index (χ0v) is 23.1. The van der Waals surface area contributed by atoms with E-state index in [2.05, 4.69) is 58.5 Å². The zero-order valence-electron chi connectivity index (χ0n) is 22.4. The van der Waals surface area contributed by atoms with Crippen LogP contribution in [0.4, 0.5) is 0 Å². The molecule has 0 atom stereocenters. The first-order valence-corrected chi connectivity index (χ1v) is 14.1. The van der Waals surface area contributed by atoms with Crippen LogP contribution >= 0.6 is 11.6 Å². The lowest BCUT2D eigenvalue weighted by atomic mass is 10.0. The Labute approximate surface area is 240 Å². The molecular formula is C34H32ClN3O2. The van der Waals surface area contributed by atoms with Gasteiger partial charge < -0.3 is 14.8 Å². The van der Waals surface area contributed by atoms with Gasteiger partial charge in [-0.25, -0.2) is 0 Å². The largest absolute Gasteiger partial charge is 0.485 e. The summed E-state index contributed by atoms with van der Waals surface area (Å²) >= 11 is 6.22. The standard InChI is InChI=1S/C34H32ClN3O2/c35-29-14-12-28(13-15-29)34-30-17-19-36-20-18-31(30)37-38(34)22-27-11-16-32(39-23-25-7-3-1-4-8-25)33(21-27)40-24-26-9-5-2-6-10-26/h1-16,21,36H,17-20,22-24H2. The maximum Gasteiger partial charge on any atom is 0.162 e. The second-order valence-corrected chi connectivity index (χ2v) is 10.5. The third-order valence-electron chi connectivity index (χ3n) is 7.16. The summed E-state index contributed by atoms with van der Waals surface area (Å²) in [6.07, 6.45) is 1.87. The van der Waals surface area contributed by atoms with Crippen LogP contribution in [0.3, 0.4) is 0 Å². The van der Waals surface area contributed by atoms with Crippen molar-refractivity contribution in [2.45, 2.75) is 32.6 Å². The summed E-state index contributed by atoms with van der Waals surface area (Å²) in [5, 5.41) is 9.33. The Morgan fingerprint density at radius 3 is 2.05 bits per heavy atom. The molecule has 0 radical (unpaired) electrons. The highest BCUT2D eigenvalue weighted by molar-refractivity contribution is 6.30. The molecule has 1 aromatic heterocycles. The lowest BCUT2D eigenvalue weighted by Gasteiger charge is -2.16. The van der Waals surface area contributed by atoms with Crippen LogP contribution in [0.25, 0.3) is 11.3 Å². The minimum absolute atomic E-state index is 0.463. The number of halogens is 1. The second-order valence-electron chi connectivity index (χ2n) is 10.0. The molecule has 0 fully saturated rings. The van der Waals surface area contributed by atoms with E-state index < -0.39 is 0 Å². The summed E-state index contributed by atoms with van der Waals surface area (Å²) in [6, 6.07) is 34.7. The van der Waals surface area contributed by atoms with Gasteiger partial charge in [0.2, 0.25) is 0 Å². The van der Waals surface area contributed by atoms with E-state index in [1.807, 2.05) is 54.6 Å². The third kappa shape index (κ3) is 6.22. The van der Waals surface area contributed by atoms with Gasteiger partial charge in [0, 0.05) is 29.1 Å². The Morgan fingerprint density at radius 2 is 1.35 bits per heavy atom. The Hall–Kier alpha value is -4.06. The molecule has 0 spiro atoms. The van der Waals surface area contributed by atoms with Crippen molar-refractivity contribution in [3.05, 3.63) is 136 Å². The Morgan fingerprint density at radius 1 is 0.700 bits per heavy atom. The zero-order chi connectivity index (χ0) is 27.1. The van der Waals surface area contributed by atoms with E-state index in [0.717, 1.165) is 70.4 Å². The van der Waals surface area contributed by atoms with Gasteiger partial charge in [0.05, 0.1) is 17.9 Å². The maximum absolute atomic E-state index is 6.34. The van der Waals surface area contributed by atoms with E-state index in [4.69, 9.17) is 26.2 Å². The molecule has 0 aliphatic carbocycles. The first-order valence-electron chi connectivity index (χ1n) is 13.7. The highest BCUT2D eigenvalue weighted by Crippen LogP contribution is 2.33. The fourth-order valence-electron chi connectivity index (χ4n) is 5.13. The second kappa shape index (κ2) is 12.4. The number of aromatic nitrogens is 2. The molecule has 1 aliphatic rings. The van der Waals surface area contributed by atoms with E-state index >= 15 is 0 Å². The molecule has 0 saturated heterocycles. The van der Waals surface area contributed by atoms with Gasteiger partial charge in [0.15, 0.2) is 11.5 Å². The summed E-state index contributed by atoms with van der Waals surface area (Å²) in [6.45, 7) is 3.45. The molecule has 1 N–H and O–H groups in total. The maximum atomic E-state index is 6.34. The van der Waals surface area contributed by atoms with E-state index in [9.17, 15) is 0 Å². The third-order valence-corrected chi connectivity index (χ3v) is 7.41. The van der Waals surface area contributed by atoms with Gasteiger partial charge in [-0.05, 0) is 53.9 Å². The molecule has 2 heterocycles. The van der Waals surface area contributed by atoms with Gasteiger partial charge in [-0.2, -0.15) is 5.10 Å². The predicted octanol–water partition coefficient (Wildman–Crippen LogP) is 7.10. The van der Waals surface area contributed by atoms with Crippen LogP contribution in [0.15, 0.2) is 103 Å². The molecule has 40 heavy (non-hydrogen) atoms. The first-order chi connectivity index (χ1) is 19.7. The molecule has 0 unspecified atom stereocenters. The molecule has 5 nitrogen and oxygen atoms in total. The minimum atomic E-state index is 0.463. The van der Waals surface area contributed by atoms with Crippen LogP contribution in [-0.4, -0.2) is 22.9 Å². The summed E-state index contributed by atoms with van der Waals surface area (Å²) in [5.74, 6) is 1.45. The van der Waals surface area contributed by atoms with Gasteiger partial charge in [-0.1, -0.05) is 90.5 Å². The minimum Gasteiger partial charge on any atom is -0.485 e. The number of ether oxygens (including phenoxy) is 2. The Bertz CT molecular complexity index is 1550. The van der Waals surface area contributed by atoms with Crippen LogP contribution in [0.2, 0.25) is 5.02 Å². The summed E-state index contributed by atoms with van der Waals surface area (Å²) in [5.41, 5.74) is 8.09. The fraction of sp³-hybridized carbons (Fsp3) is 0.206. The van der Waals surface area contributed by atoms with Crippen molar-refractivity contribution in [3.8, 4) is 22.8 Å². The number of fused-ring (bicyclic) bond motifs is 1. The first kappa shape index (κ1) is 26.2. The van der Waals surface area contributed by atoms with Gasteiger partial charge in [-0.3, -0.25) is 4.68 Å². The van der Waals surface area contributed by atoms with Crippen molar-refractivity contribution in [1.82, 2.24) is 15.1 Å². The number of rotatable bonds is 9. The number of hydrogen-bond acceptors (Lipinski definition) is 4. The van der Waals surface area contributed by atoms with Crippen molar-refractivity contribution in [2.75, 3.05) is 13.1 Å². The van der Waals surface area contributed by atoms with Crippen LogP contribution in [-0.2, 0) is 32.6 Å². The SMILES string of the molecule is Clc1ccc(-c2c3c(nn2Cc2ccc(OCc4ccccc4)c(OCc4ccccc4)c2)CCNCC3)cc1. The van der Waals surface area contributed by atoms with Crippen LogP contribution in [0.1, 0.15) is 27.9 Å². The van der Waals surface area contributed by atoms with Crippen molar-refractivity contribution in [2.24, 2.45) is 0 Å². The molecule has 202 valence electrons. The molecule has 6 heteroatoms. The highest BCUT2D eigenvalue weighted by Gasteiger charge is 2.21. The lowest BCUT2D eigenvalue weighted by Crippen LogP contribution is -2.17. The average Bonchev–Trinajstić information content (AvgIpc) is 3.16. The normalized spacial score (nSPS) is 12.9. The van der Waals surface area contributed by atoms with E-state index in [1.165, 1.54) is 11.3 Å². The van der Waals surface area contributed by atoms with Gasteiger partial charge in [-0.15, -0.1) is 0 Å². The Kier molecular flexibility index (Phi) is 8.12. The molecule has 0 bridgehead atoms. The van der Waals surface area contributed by atoms with Crippen LogP contribution in [0.5, 0.6) is 11.5 Å². The molecular weight excluding hydrogens is 518 g/mol. The van der Waals surface area contributed by atoms with E-state index in [0.29, 0.717) is 19.8 Å². The topological polar surface area (TPSA) is 48.3 Å². The number of nitrogens with zero attached hydrogens (tertiary/aromatic N) is 2. The molecule has 0 amide bonds. The van der Waals surface area contributed by atoms with Crippen molar-refractivity contribution in [3.63, 3.8) is 0 Å². The summed E-state index contributed by atoms with van der Waals surface area (Å²) in [7, 11) is 0. The quantitative estimate of drug-likeness (QED) is 0.213. The van der Waals surface area contributed by atoms with E-state index in [1.54, 1.807) is 0 Å². The summed E-state index contributed by atoms with van der Waals surface area (Å²) in [4.78, 5) is 0. The van der Waals surface area contributed by atoms with Crippen LogP contribution in [0, 0.1) is 0 Å².